The molecular weight excluding hydrogens is 407 g/mol. The van der Waals surface area contributed by atoms with Crippen molar-refractivity contribution < 1.29 is 13.9 Å². The van der Waals surface area contributed by atoms with Crippen molar-refractivity contribution in [1.29, 1.82) is 0 Å². The highest BCUT2D eigenvalue weighted by molar-refractivity contribution is 5.99. The number of primary amides is 1. The van der Waals surface area contributed by atoms with E-state index in [2.05, 4.69) is 26.1 Å². The number of benzene rings is 1. The lowest BCUT2D eigenvalue weighted by Gasteiger charge is -2.31. The zero-order chi connectivity index (χ0) is 23.0. The number of fused-ring (bicyclic) bond motifs is 1. The Morgan fingerprint density at radius 2 is 2.03 bits per heavy atom. The fourth-order valence-electron chi connectivity index (χ4n) is 5.25. The molecule has 32 heavy (non-hydrogen) atoms. The van der Waals surface area contributed by atoms with Crippen molar-refractivity contribution >= 4 is 11.6 Å². The molecule has 1 amide bonds. The van der Waals surface area contributed by atoms with Crippen molar-refractivity contribution in [2.75, 3.05) is 12.4 Å². The molecule has 6 nitrogen and oxygen atoms in total. The number of nitrogens with two attached hydrogens (primary N) is 1. The van der Waals surface area contributed by atoms with Crippen molar-refractivity contribution in [2.45, 2.75) is 84.3 Å². The smallest absolute Gasteiger partial charge is 0.253 e. The van der Waals surface area contributed by atoms with E-state index in [4.69, 9.17) is 15.6 Å². The number of amides is 1. The molecule has 0 unspecified atom stereocenters. The van der Waals surface area contributed by atoms with Gasteiger partial charge in [0.15, 0.2) is 0 Å². The highest BCUT2D eigenvalue weighted by Gasteiger charge is 2.31. The van der Waals surface area contributed by atoms with Gasteiger partial charge in [-0.15, -0.1) is 0 Å². The number of nitrogens with zero attached hydrogens (tertiary/aromatic N) is 2. The molecule has 1 fully saturated rings. The van der Waals surface area contributed by atoms with Gasteiger partial charge in [-0.2, -0.15) is 5.10 Å². The summed E-state index contributed by atoms with van der Waals surface area (Å²) in [6.45, 7) is 6.63. The van der Waals surface area contributed by atoms with Crippen LogP contribution in [0.1, 0.15) is 80.2 Å². The molecule has 2 aromatic rings. The van der Waals surface area contributed by atoms with Crippen LogP contribution in [0.4, 0.5) is 10.1 Å². The van der Waals surface area contributed by atoms with Gasteiger partial charge in [0.05, 0.1) is 28.7 Å². The molecule has 1 aromatic heterocycles. The van der Waals surface area contributed by atoms with Gasteiger partial charge in [0.25, 0.3) is 5.91 Å². The van der Waals surface area contributed by atoms with Crippen LogP contribution in [0.2, 0.25) is 0 Å². The molecule has 0 bridgehead atoms. The lowest BCUT2D eigenvalue weighted by Crippen LogP contribution is -2.30. The summed E-state index contributed by atoms with van der Waals surface area (Å²) in [4.78, 5) is 12.1. The molecule has 174 valence electrons. The minimum Gasteiger partial charge on any atom is -0.382 e. The molecule has 0 atom stereocenters. The molecule has 0 radical (unpaired) electrons. The molecule has 4 rings (SSSR count). The number of hydrogen-bond acceptors (Lipinski definition) is 4. The minimum absolute atomic E-state index is 0.0836. The Hall–Kier alpha value is -2.41. The van der Waals surface area contributed by atoms with Gasteiger partial charge in [0.1, 0.15) is 5.82 Å². The number of hydrogen-bond donors (Lipinski definition) is 2. The summed E-state index contributed by atoms with van der Waals surface area (Å²) in [6.07, 6.45) is 7.75. The van der Waals surface area contributed by atoms with Gasteiger partial charge in [-0.3, -0.25) is 4.79 Å². The molecule has 3 N–H and O–H groups in total. The van der Waals surface area contributed by atoms with Crippen molar-refractivity contribution in [3.05, 3.63) is 40.5 Å². The maximum absolute atomic E-state index is 15.2. The van der Waals surface area contributed by atoms with Crippen LogP contribution in [0.3, 0.4) is 0 Å². The molecule has 0 spiro atoms. The number of carbonyl (C=O) groups excluding carboxylic acids is 1. The first kappa shape index (κ1) is 22.8. The van der Waals surface area contributed by atoms with Gasteiger partial charge < -0.3 is 15.8 Å². The van der Waals surface area contributed by atoms with Crippen LogP contribution >= 0.6 is 0 Å². The highest BCUT2D eigenvalue weighted by atomic mass is 19.1. The molecule has 1 heterocycles. The van der Waals surface area contributed by atoms with Crippen LogP contribution in [0, 0.1) is 11.2 Å². The SMILES string of the molecule is CCc1nn(-c2cc(F)c(C(N)=O)c(NC3CCC(OC)CC3)c2)c2c1CCC(C)(C)C2. The number of aromatic nitrogens is 2. The topological polar surface area (TPSA) is 82.2 Å². The van der Waals surface area contributed by atoms with E-state index in [1.807, 2.05) is 10.7 Å². The number of carbonyl (C=O) groups is 1. The largest absolute Gasteiger partial charge is 0.382 e. The monoisotopic (exact) mass is 442 g/mol. The summed E-state index contributed by atoms with van der Waals surface area (Å²) >= 11 is 0. The number of anilines is 1. The van der Waals surface area contributed by atoms with E-state index in [0.29, 0.717) is 11.4 Å². The van der Waals surface area contributed by atoms with Gasteiger partial charge in [-0.05, 0) is 68.4 Å². The Morgan fingerprint density at radius 3 is 2.66 bits per heavy atom. The summed E-state index contributed by atoms with van der Waals surface area (Å²) in [6, 6.07) is 3.37. The van der Waals surface area contributed by atoms with Crippen molar-refractivity contribution in [1.82, 2.24) is 9.78 Å². The second kappa shape index (κ2) is 8.85. The predicted octanol–water partition coefficient (Wildman–Crippen LogP) is 4.56. The number of halogens is 1. The molecule has 1 aromatic carbocycles. The Morgan fingerprint density at radius 1 is 1.31 bits per heavy atom. The fourth-order valence-corrected chi connectivity index (χ4v) is 5.25. The number of aryl methyl sites for hydroxylation is 1. The Bertz CT molecular complexity index is 1010. The molecule has 2 aliphatic rings. The van der Waals surface area contributed by atoms with Crippen LogP contribution in [-0.4, -0.2) is 34.9 Å². The molecule has 2 aliphatic carbocycles. The van der Waals surface area contributed by atoms with E-state index >= 15 is 4.39 Å². The van der Waals surface area contributed by atoms with E-state index in [0.717, 1.165) is 62.8 Å². The van der Waals surface area contributed by atoms with Crippen molar-refractivity contribution in [2.24, 2.45) is 11.1 Å². The molecular formula is C25H35FN4O2. The predicted molar refractivity (Wildman–Crippen MR) is 124 cm³/mol. The lowest BCUT2D eigenvalue weighted by molar-refractivity contribution is 0.0681. The molecule has 0 saturated heterocycles. The average Bonchev–Trinajstić information content (AvgIpc) is 3.10. The normalized spacial score (nSPS) is 22.4. The van der Waals surface area contributed by atoms with Gasteiger partial charge in [-0.25, -0.2) is 9.07 Å². The Kier molecular flexibility index (Phi) is 6.30. The van der Waals surface area contributed by atoms with Crippen molar-refractivity contribution in [3.8, 4) is 5.69 Å². The standard InChI is InChI=1S/C25H35FN4O2/c1-5-20-18-10-11-25(2,3)14-22(18)30(29-20)16-12-19(26)23(24(27)31)21(13-16)28-15-6-8-17(32-4)9-7-15/h12-13,15,17,28H,5-11,14H2,1-4H3,(H2,27,31). The maximum Gasteiger partial charge on any atom is 0.253 e. The van der Waals surface area contributed by atoms with E-state index in [9.17, 15) is 4.79 Å². The molecule has 0 aliphatic heterocycles. The lowest BCUT2D eigenvalue weighted by atomic mass is 9.76. The Labute approximate surface area is 189 Å². The van der Waals surface area contributed by atoms with Gasteiger partial charge in [0.2, 0.25) is 0 Å². The number of nitrogens with one attached hydrogen (secondary N) is 1. The Balaban J connectivity index is 1.74. The summed E-state index contributed by atoms with van der Waals surface area (Å²) in [5.41, 5.74) is 10.2. The third-order valence-corrected chi connectivity index (χ3v) is 7.14. The van der Waals surface area contributed by atoms with Gasteiger partial charge >= 0.3 is 0 Å². The number of ether oxygens (including phenoxy) is 1. The number of methoxy groups -OCH3 is 1. The average molecular weight is 443 g/mol. The summed E-state index contributed by atoms with van der Waals surface area (Å²) < 4.78 is 22.5. The van der Waals surface area contributed by atoms with Crippen LogP contribution in [0.5, 0.6) is 0 Å². The first-order chi connectivity index (χ1) is 15.2. The third-order valence-electron chi connectivity index (χ3n) is 7.14. The van der Waals surface area contributed by atoms with Crippen LogP contribution < -0.4 is 11.1 Å². The van der Waals surface area contributed by atoms with Crippen LogP contribution in [0.15, 0.2) is 12.1 Å². The van der Waals surface area contributed by atoms with Crippen LogP contribution in [-0.2, 0) is 24.0 Å². The summed E-state index contributed by atoms with van der Waals surface area (Å²) in [5, 5.41) is 8.27. The third kappa shape index (κ3) is 4.40. The maximum atomic E-state index is 15.2. The minimum atomic E-state index is -0.764. The second-order valence-electron chi connectivity index (χ2n) is 10.0. The summed E-state index contributed by atoms with van der Waals surface area (Å²) in [5.74, 6) is -1.37. The second-order valence-corrected chi connectivity index (χ2v) is 10.0. The molecule has 7 heteroatoms. The van der Waals surface area contributed by atoms with E-state index < -0.39 is 11.7 Å². The first-order valence-corrected chi connectivity index (χ1v) is 11.7. The van der Waals surface area contributed by atoms with Crippen LogP contribution in [0.25, 0.3) is 5.69 Å². The summed E-state index contributed by atoms with van der Waals surface area (Å²) in [7, 11) is 1.74. The molecule has 1 saturated carbocycles. The number of rotatable bonds is 6. The zero-order valence-electron chi connectivity index (χ0n) is 19.6. The van der Waals surface area contributed by atoms with Gasteiger partial charge in [0, 0.05) is 24.9 Å². The quantitative estimate of drug-likeness (QED) is 0.687. The highest BCUT2D eigenvalue weighted by Crippen LogP contribution is 2.38. The van der Waals surface area contributed by atoms with Gasteiger partial charge in [-0.1, -0.05) is 20.8 Å². The van der Waals surface area contributed by atoms with E-state index in [1.165, 1.54) is 11.6 Å². The van der Waals surface area contributed by atoms with Crippen molar-refractivity contribution in [3.63, 3.8) is 0 Å². The first-order valence-electron chi connectivity index (χ1n) is 11.7. The van der Waals surface area contributed by atoms with E-state index in [1.54, 1.807) is 7.11 Å². The zero-order valence-corrected chi connectivity index (χ0v) is 19.6. The van der Waals surface area contributed by atoms with E-state index in [-0.39, 0.29) is 23.1 Å². The fraction of sp³-hybridized carbons (Fsp3) is 0.600.